The SMILES string of the molecule is CCC(CC)c1cc(CNC(=NC)N2CCC(N3CCCC3)C2)on1. The molecule has 2 saturated heterocycles. The lowest BCUT2D eigenvalue weighted by molar-refractivity contribution is 0.249. The minimum Gasteiger partial charge on any atom is -0.359 e. The van der Waals surface area contributed by atoms with Crippen LogP contribution in [0.15, 0.2) is 15.6 Å². The molecule has 2 aliphatic rings. The molecule has 1 N–H and O–H groups in total. The van der Waals surface area contributed by atoms with Crippen LogP contribution in [-0.4, -0.2) is 60.2 Å². The van der Waals surface area contributed by atoms with E-state index in [1.54, 1.807) is 0 Å². The fraction of sp³-hybridized carbons (Fsp3) is 0.789. The Kier molecular flexibility index (Phi) is 6.34. The van der Waals surface area contributed by atoms with E-state index in [9.17, 15) is 0 Å². The fourth-order valence-electron chi connectivity index (χ4n) is 4.15. The molecule has 6 nitrogen and oxygen atoms in total. The molecule has 0 amide bonds. The molecule has 0 spiro atoms. The first-order valence-electron chi connectivity index (χ1n) is 9.90. The van der Waals surface area contributed by atoms with E-state index in [4.69, 9.17) is 4.52 Å². The summed E-state index contributed by atoms with van der Waals surface area (Å²) in [6, 6.07) is 2.78. The van der Waals surface area contributed by atoms with Gasteiger partial charge in [0, 0.05) is 38.2 Å². The Balaban J connectivity index is 1.51. The molecule has 3 heterocycles. The zero-order valence-corrected chi connectivity index (χ0v) is 16.0. The standard InChI is InChI=1S/C19H33N5O/c1-4-15(5-2)18-12-17(25-22-18)13-21-19(20-3)24-11-8-16(14-24)23-9-6-7-10-23/h12,15-16H,4-11,13-14H2,1-3H3,(H,20,21). The monoisotopic (exact) mass is 347 g/mol. The van der Waals surface area contributed by atoms with Gasteiger partial charge in [-0.3, -0.25) is 9.89 Å². The first-order valence-corrected chi connectivity index (χ1v) is 9.90. The van der Waals surface area contributed by atoms with Crippen LogP contribution in [0.4, 0.5) is 0 Å². The number of hydrogen-bond donors (Lipinski definition) is 1. The van der Waals surface area contributed by atoms with Crippen LogP contribution in [0, 0.1) is 0 Å². The van der Waals surface area contributed by atoms with Gasteiger partial charge >= 0.3 is 0 Å². The molecular weight excluding hydrogens is 314 g/mol. The van der Waals surface area contributed by atoms with Gasteiger partial charge in [-0.1, -0.05) is 19.0 Å². The van der Waals surface area contributed by atoms with Gasteiger partial charge in [-0.05, 0) is 45.2 Å². The van der Waals surface area contributed by atoms with Gasteiger partial charge in [0.25, 0.3) is 0 Å². The lowest BCUT2D eigenvalue weighted by Crippen LogP contribution is -2.42. The Bertz CT molecular complexity index is 560. The number of likely N-dealkylation sites (tertiary alicyclic amines) is 2. The molecule has 0 bridgehead atoms. The van der Waals surface area contributed by atoms with Crippen molar-refractivity contribution in [3.8, 4) is 0 Å². The highest BCUT2D eigenvalue weighted by Gasteiger charge is 2.30. The highest BCUT2D eigenvalue weighted by molar-refractivity contribution is 5.80. The van der Waals surface area contributed by atoms with E-state index in [0.29, 0.717) is 18.5 Å². The van der Waals surface area contributed by atoms with Gasteiger partial charge in [0.05, 0.1) is 12.2 Å². The summed E-state index contributed by atoms with van der Waals surface area (Å²) in [6.45, 7) is 9.73. The maximum absolute atomic E-state index is 5.51. The summed E-state index contributed by atoms with van der Waals surface area (Å²) in [5.41, 5.74) is 1.08. The summed E-state index contributed by atoms with van der Waals surface area (Å²) in [5.74, 6) is 2.36. The van der Waals surface area contributed by atoms with Crippen LogP contribution in [0.3, 0.4) is 0 Å². The minimum absolute atomic E-state index is 0.497. The second kappa shape index (κ2) is 8.70. The molecule has 3 rings (SSSR count). The molecule has 0 aromatic carbocycles. The van der Waals surface area contributed by atoms with Crippen molar-refractivity contribution >= 4 is 5.96 Å². The quantitative estimate of drug-likeness (QED) is 0.633. The first kappa shape index (κ1) is 18.2. The smallest absolute Gasteiger partial charge is 0.194 e. The van der Waals surface area contributed by atoms with E-state index in [1.165, 1.54) is 32.4 Å². The largest absolute Gasteiger partial charge is 0.359 e. The Morgan fingerprint density at radius 3 is 2.76 bits per heavy atom. The summed E-state index contributed by atoms with van der Waals surface area (Å²) in [6.07, 6.45) is 6.15. The molecule has 1 aromatic rings. The molecule has 140 valence electrons. The summed E-state index contributed by atoms with van der Waals surface area (Å²) >= 11 is 0. The molecule has 0 radical (unpaired) electrons. The van der Waals surface area contributed by atoms with Crippen LogP contribution >= 0.6 is 0 Å². The third-order valence-corrected chi connectivity index (χ3v) is 5.73. The van der Waals surface area contributed by atoms with E-state index < -0.39 is 0 Å². The van der Waals surface area contributed by atoms with Crippen LogP contribution in [0.2, 0.25) is 0 Å². The van der Waals surface area contributed by atoms with E-state index in [-0.39, 0.29) is 0 Å². The summed E-state index contributed by atoms with van der Waals surface area (Å²) in [5, 5.41) is 7.70. The van der Waals surface area contributed by atoms with Gasteiger partial charge in [0.15, 0.2) is 11.7 Å². The summed E-state index contributed by atoms with van der Waals surface area (Å²) in [4.78, 5) is 9.49. The van der Waals surface area contributed by atoms with E-state index in [2.05, 4.69) is 45.2 Å². The first-order chi connectivity index (χ1) is 12.2. The molecule has 6 heteroatoms. The minimum atomic E-state index is 0.497. The third-order valence-electron chi connectivity index (χ3n) is 5.73. The maximum atomic E-state index is 5.51. The fourth-order valence-corrected chi connectivity index (χ4v) is 4.15. The van der Waals surface area contributed by atoms with Gasteiger partial charge < -0.3 is 14.7 Å². The average Bonchev–Trinajstić information content (AvgIpc) is 3.38. The molecule has 0 aliphatic carbocycles. The molecule has 1 unspecified atom stereocenters. The number of rotatable bonds is 6. The number of aromatic nitrogens is 1. The topological polar surface area (TPSA) is 56.9 Å². The van der Waals surface area contributed by atoms with E-state index >= 15 is 0 Å². The number of guanidine groups is 1. The Morgan fingerprint density at radius 2 is 2.08 bits per heavy atom. The lowest BCUT2D eigenvalue weighted by atomic mass is 9.99. The van der Waals surface area contributed by atoms with Crippen molar-refractivity contribution in [2.24, 2.45) is 4.99 Å². The highest BCUT2D eigenvalue weighted by atomic mass is 16.5. The van der Waals surface area contributed by atoms with Crippen LogP contribution < -0.4 is 5.32 Å². The third kappa shape index (κ3) is 4.35. The van der Waals surface area contributed by atoms with Gasteiger partial charge in [0.1, 0.15) is 0 Å². The molecule has 2 fully saturated rings. The summed E-state index contributed by atoms with van der Waals surface area (Å²) in [7, 11) is 1.86. The zero-order chi connectivity index (χ0) is 17.6. The Hall–Kier alpha value is -1.56. The number of hydrogen-bond acceptors (Lipinski definition) is 4. The van der Waals surface area contributed by atoms with Gasteiger partial charge in [-0.25, -0.2) is 0 Å². The molecule has 1 aromatic heterocycles. The predicted octanol–water partition coefficient (Wildman–Crippen LogP) is 2.82. The molecular formula is C19H33N5O. The Labute approximate surface area is 151 Å². The second-order valence-electron chi connectivity index (χ2n) is 7.26. The Morgan fingerprint density at radius 1 is 1.32 bits per heavy atom. The average molecular weight is 348 g/mol. The van der Waals surface area contributed by atoms with Crippen molar-refractivity contribution < 1.29 is 4.52 Å². The van der Waals surface area contributed by atoms with Crippen LogP contribution in [0.5, 0.6) is 0 Å². The van der Waals surface area contributed by atoms with Gasteiger partial charge in [0.2, 0.25) is 0 Å². The van der Waals surface area contributed by atoms with Crippen molar-refractivity contribution in [2.75, 3.05) is 33.2 Å². The predicted molar refractivity (Wildman–Crippen MR) is 101 cm³/mol. The summed E-state index contributed by atoms with van der Waals surface area (Å²) < 4.78 is 5.51. The van der Waals surface area contributed by atoms with Crippen LogP contribution in [0.25, 0.3) is 0 Å². The van der Waals surface area contributed by atoms with Crippen molar-refractivity contribution in [3.63, 3.8) is 0 Å². The number of nitrogens with one attached hydrogen (secondary N) is 1. The number of aliphatic imine (C=N–C) groups is 1. The van der Waals surface area contributed by atoms with Gasteiger partial charge in [-0.15, -0.1) is 0 Å². The normalized spacial score (nSPS) is 22.3. The molecule has 0 saturated carbocycles. The second-order valence-corrected chi connectivity index (χ2v) is 7.26. The van der Waals surface area contributed by atoms with Gasteiger partial charge in [-0.2, -0.15) is 0 Å². The molecule has 25 heavy (non-hydrogen) atoms. The molecule has 1 atom stereocenters. The number of nitrogens with zero attached hydrogens (tertiary/aromatic N) is 4. The maximum Gasteiger partial charge on any atom is 0.194 e. The van der Waals surface area contributed by atoms with Crippen molar-refractivity contribution in [2.45, 2.75) is 64.5 Å². The van der Waals surface area contributed by atoms with Crippen molar-refractivity contribution in [3.05, 3.63) is 17.5 Å². The van der Waals surface area contributed by atoms with E-state index in [1.807, 2.05) is 7.05 Å². The van der Waals surface area contributed by atoms with Crippen molar-refractivity contribution in [1.29, 1.82) is 0 Å². The van der Waals surface area contributed by atoms with Crippen molar-refractivity contribution in [1.82, 2.24) is 20.3 Å². The van der Waals surface area contributed by atoms with E-state index in [0.717, 1.165) is 43.3 Å². The zero-order valence-electron chi connectivity index (χ0n) is 16.0. The van der Waals surface area contributed by atoms with Crippen LogP contribution in [-0.2, 0) is 6.54 Å². The van der Waals surface area contributed by atoms with Crippen LogP contribution in [0.1, 0.15) is 63.3 Å². The highest BCUT2D eigenvalue weighted by Crippen LogP contribution is 2.23. The lowest BCUT2D eigenvalue weighted by Gasteiger charge is -2.25. The molecule has 2 aliphatic heterocycles.